The summed E-state index contributed by atoms with van der Waals surface area (Å²) in [4.78, 5) is 3.89. The zero-order valence-electron chi connectivity index (χ0n) is 7.48. The van der Waals surface area contributed by atoms with Crippen molar-refractivity contribution in [3.05, 3.63) is 17.8 Å². The smallest absolute Gasteiger partial charge is 0.264 e. The summed E-state index contributed by atoms with van der Waals surface area (Å²) >= 11 is 0. The van der Waals surface area contributed by atoms with E-state index in [0.29, 0.717) is 12.2 Å². The van der Waals surface area contributed by atoms with Crippen LogP contribution in [0.4, 0.5) is 0 Å². The van der Waals surface area contributed by atoms with Gasteiger partial charge in [0.2, 0.25) is 0 Å². The van der Waals surface area contributed by atoms with Gasteiger partial charge in [-0.05, 0) is 6.92 Å². The van der Waals surface area contributed by atoms with E-state index in [4.69, 9.17) is 4.42 Å². The second-order valence-electron chi connectivity index (χ2n) is 2.63. The lowest BCUT2D eigenvalue weighted by Crippen LogP contribution is -2.06. The number of rotatable bonds is 4. The van der Waals surface area contributed by atoms with Gasteiger partial charge in [-0.2, -0.15) is 8.42 Å². The molecular weight excluding hydrogens is 194 g/mol. The Morgan fingerprint density at radius 2 is 2.31 bits per heavy atom. The average Bonchev–Trinajstić information content (AvgIpc) is 2.34. The fourth-order valence-corrected chi connectivity index (χ4v) is 1.24. The molecule has 0 atom stereocenters. The Bertz CT molecular complexity index is 368. The highest BCUT2D eigenvalue weighted by molar-refractivity contribution is 7.85. The van der Waals surface area contributed by atoms with Crippen molar-refractivity contribution in [2.45, 2.75) is 13.3 Å². The maximum Gasteiger partial charge on any atom is 0.264 e. The predicted molar refractivity (Wildman–Crippen MR) is 45.7 cm³/mol. The van der Waals surface area contributed by atoms with Crippen LogP contribution >= 0.6 is 0 Å². The first-order chi connectivity index (χ1) is 5.99. The van der Waals surface area contributed by atoms with Gasteiger partial charge in [-0.1, -0.05) is 0 Å². The van der Waals surface area contributed by atoms with E-state index in [-0.39, 0.29) is 6.61 Å². The van der Waals surface area contributed by atoms with Crippen molar-refractivity contribution in [1.29, 1.82) is 0 Å². The molecule has 0 aliphatic heterocycles. The zero-order valence-corrected chi connectivity index (χ0v) is 8.30. The first-order valence-electron chi connectivity index (χ1n) is 3.72. The van der Waals surface area contributed by atoms with Crippen LogP contribution in [0.25, 0.3) is 0 Å². The van der Waals surface area contributed by atoms with Crippen molar-refractivity contribution in [3.8, 4) is 0 Å². The summed E-state index contributed by atoms with van der Waals surface area (Å²) in [5.74, 6) is 0.692. The molecule has 0 radical (unpaired) electrons. The molecule has 5 nitrogen and oxygen atoms in total. The van der Waals surface area contributed by atoms with E-state index < -0.39 is 10.1 Å². The van der Waals surface area contributed by atoms with Crippen LogP contribution < -0.4 is 0 Å². The molecule has 0 N–H and O–H groups in total. The molecule has 0 amide bonds. The largest absolute Gasteiger partial charge is 0.449 e. The molecule has 13 heavy (non-hydrogen) atoms. The number of hydrogen-bond acceptors (Lipinski definition) is 5. The van der Waals surface area contributed by atoms with Gasteiger partial charge in [0.05, 0.1) is 18.6 Å². The Morgan fingerprint density at radius 1 is 1.62 bits per heavy atom. The molecule has 1 heterocycles. The Morgan fingerprint density at radius 3 is 2.77 bits per heavy atom. The summed E-state index contributed by atoms with van der Waals surface area (Å²) in [6.45, 7) is 1.87. The van der Waals surface area contributed by atoms with E-state index in [9.17, 15) is 8.42 Å². The molecule has 0 unspecified atom stereocenters. The molecule has 1 aromatic heterocycles. The molecule has 1 aromatic rings. The molecule has 1 rings (SSSR count). The molecule has 0 spiro atoms. The van der Waals surface area contributed by atoms with E-state index in [1.807, 2.05) is 0 Å². The van der Waals surface area contributed by atoms with E-state index in [2.05, 4.69) is 9.17 Å². The third-order valence-electron chi connectivity index (χ3n) is 1.48. The number of aryl methyl sites for hydroxylation is 1. The van der Waals surface area contributed by atoms with Crippen molar-refractivity contribution in [2.24, 2.45) is 0 Å². The summed E-state index contributed by atoms with van der Waals surface area (Å²) in [5, 5.41) is 0. The van der Waals surface area contributed by atoms with E-state index >= 15 is 0 Å². The first kappa shape index (κ1) is 10.2. The number of hydrogen-bond donors (Lipinski definition) is 0. The fourth-order valence-electron chi connectivity index (χ4n) is 0.858. The second-order valence-corrected chi connectivity index (χ2v) is 4.28. The maximum atomic E-state index is 10.6. The molecule has 0 saturated heterocycles. The average molecular weight is 205 g/mol. The Kier molecular flexibility index (Phi) is 3.05. The SMILES string of the molecule is Cc1ocnc1CCOS(C)(=O)=O. The van der Waals surface area contributed by atoms with Gasteiger partial charge >= 0.3 is 0 Å². The monoisotopic (exact) mass is 205 g/mol. The van der Waals surface area contributed by atoms with Gasteiger partial charge in [-0.25, -0.2) is 4.98 Å². The van der Waals surface area contributed by atoms with Gasteiger partial charge in [0, 0.05) is 6.42 Å². The number of nitrogens with zero attached hydrogens (tertiary/aromatic N) is 1. The third kappa shape index (κ3) is 3.56. The molecule has 6 heteroatoms. The van der Waals surface area contributed by atoms with Crippen molar-refractivity contribution in [3.63, 3.8) is 0 Å². The van der Waals surface area contributed by atoms with E-state index in [1.165, 1.54) is 6.39 Å². The highest BCUT2D eigenvalue weighted by Crippen LogP contribution is 2.05. The standard InChI is InChI=1S/C7H11NO4S/c1-6-7(8-5-11-6)3-4-12-13(2,9)10/h5H,3-4H2,1-2H3. The Hall–Kier alpha value is -0.880. The molecule has 0 fully saturated rings. The summed E-state index contributed by atoms with van der Waals surface area (Å²) < 4.78 is 30.6. The van der Waals surface area contributed by atoms with Crippen LogP contribution in [0, 0.1) is 6.92 Å². The van der Waals surface area contributed by atoms with Crippen molar-refractivity contribution < 1.29 is 17.0 Å². The number of aromatic nitrogens is 1. The van der Waals surface area contributed by atoms with Gasteiger partial charge in [0.25, 0.3) is 10.1 Å². The lowest BCUT2D eigenvalue weighted by Gasteiger charge is -1.98. The Labute approximate surface area is 76.9 Å². The van der Waals surface area contributed by atoms with Crippen LogP contribution in [0.5, 0.6) is 0 Å². The molecule has 0 aliphatic rings. The van der Waals surface area contributed by atoms with Crippen LogP contribution in [0.1, 0.15) is 11.5 Å². The lowest BCUT2D eigenvalue weighted by atomic mass is 10.3. The van der Waals surface area contributed by atoms with Crippen molar-refractivity contribution >= 4 is 10.1 Å². The summed E-state index contributed by atoms with van der Waals surface area (Å²) in [5.41, 5.74) is 0.726. The quantitative estimate of drug-likeness (QED) is 0.669. The van der Waals surface area contributed by atoms with Crippen LogP contribution in [-0.2, 0) is 20.7 Å². The maximum absolute atomic E-state index is 10.6. The van der Waals surface area contributed by atoms with Crippen LogP contribution in [0.3, 0.4) is 0 Å². The molecule has 0 aliphatic carbocycles. The summed E-state index contributed by atoms with van der Waals surface area (Å²) in [6, 6.07) is 0. The fraction of sp³-hybridized carbons (Fsp3) is 0.571. The summed E-state index contributed by atoms with van der Waals surface area (Å²) in [7, 11) is -3.35. The van der Waals surface area contributed by atoms with Gasteiger partial charge < -0.3 is 4.42 Å². The molecule has 0 saturated carbocycles. The highest BCUT2D eigenvalue weighted by atomic mass is 32.2. The summed E-state index contributed by atoms with van der Waals surface area (Å²) in [6.07, 6.45) is 2.78. The minimum atomic E-state index is -3.35. The van der Waals surface area contributed by atoms with E-state index in [0.717, 1.165) is 11.9 Å². The lowest BCUT2D eigenvalue weighted by molar-refractivity contribution is 0.324. The topological polar surface area (TPSA) is 69.4 Å². The number of oxazole rings is 1. The van der Waals surface area contributed by atoms with Crippen LogP contribution in [0.15, 0.2) is 10.8 Å². The first-order valence-corrected chi connectivity index (χ1v) is 5.54. The minimum absolute atomic E-state index is 0.103. The minimum Gasteiger partial charge on any atom is -0.449 e. The van der Waals surface area contributed by atoms with E-state index in [1.54, 1.807) is 6.92 Å². The molecule has 0 aromatic carbocycles. The van der Waals surface area contributed by atoms with Gasteiger partial charge in [0.1, 0.15) is 5.76 Å². The second kappa shape index (κ2) is 3.89. The predicted octanol–water partition coefficient (Wildman–Crippen LogP) is 0.502. The van der Waals surface area contributed by atoms with Crippen molar-refractivity contribution in [2.75, 3.05) is 12.9 Å². The van der Waals surface area contributed by atoms with Gasteiger partial charge in [0.15, 0.2) is 6.39 Å². The third-order valence-corrected chi connectivity index (χ3v) is 2.08. The van der Waals surface area contributed by atoms with Crippen LogP contribution in [0.2, 0.25) is 0 Å². The Balaban J connectivity index is 2.41. The highest BCUT2D eigenvalue weighted by Gasteiger charge is 2.05. The normalized spacial score (nSPS) is 11.8. The molecule has 74 valence electrons. The van der Waals surface area contributed by atoms with Gasteiger partial charge in [-0.15, -0.1) is 0 Å². The van der Waals surface area contributed by atoms with Gasteiger partial charge in [-0.3, -0.25) is 4.18 Å². The van der Waals surface area contributed by atoms with Crippen molar-refractivity contribution in [1.82, 2.24) is 4.98 Å². The zero-order chi connectivity index (χ0) is 9.90. The molecular formula is C7H11NO4S. The van der Waals surface area contributed by atoms with Crippen LogP contribution in [-0.4, -0.2) is 26.3 Å². The molecule has 0 bridgehead atoms.